The Morgan fingerprint density at radius 3 is 1.90 bits per heavy atom. The molecule has 110 valence electrons. The minimum atomic E-state index is -1.18. The quantitative estimate of drug-likeness (QED) is 0.422. The Labute approximate surface area is 150 Å². The van der Waals surface area contributed by atoms with Gasteiger partial charge in [0.05, 0.1) is 11.1 Å². The van der Waals surface area contributed by atoms with E-state index in [1.807, 2.05) is 13.8 Å². The first kappa shape index (κ1) is 18.1. The second-order valence-electron chi connectivity index (χ2n) is 4.09. The number of carboxylic acids is 1. The number of hydrogen-bond acceptors (Lipinski definition) is 2. The van der Waals surface area contributed by atoms with Crippen molar-refractivity contribution in [1.82, 2.24) is 5.32 Å². The molecule has 0 bridgehead atoms. The van der Waals surface area contributed by atoms with Crippen LogP contribution < -0.4 is 5.32 Å². The standard InChI is InChI=1S/C12H11Br4NO3/c1-3-4(2)17-11(18)5-6(12(19)20)8(14)10(16)9(15)7(5)13/h4H,3H2,1-2H3,(H,17,18)(H,19,20)/t4-/m0/s1. The Balaban J connectivity index is 3.52. The highest BCUT2D eigenvalue weighted by Crippen LogP contribution is 2.42. The van der Waals surface area contributed by atoms with E-state index in [9.17, 15) is 14.7 Å². The Hall–Kier alpha value is 0.0800. The molecule has 1 amide bonds. The number of benzene rings is 1. The summed E-state index contributed by atoms with van der Waals surface area (Å²) in [4.78, 5) is 23.8. The van der Waals surface area contributed by atoms with Crippen LogP contribution in [0.4, 0.5) is 0 Å². The Morgan fingerprint density at radius 2 is 1.50 bits per heavy atom. The first-order chi connectivity index (χ1) is 9.22. The molecule has 0 aliphatic carbocycles. The molecule has 1 aromatic carbocycles. The second kappa shape index (κ2) is 7.38. The highest BCUT2D eigenvalue weighted by Gasteiger charge is 2.28. The van der Waals surface area contributed by atoms with E-state index in [0.29, 0.717) is 17.9 Å². The molecule has 8 heteroatoms. The lowest BCUT2D eigenvalue weighted by Crippen LogP contribution is -2.33. The molecule has 20 heavy (non-hydrogen) atoms. The number of rotatable bonds is 4. The monoisotopic (exact) mass is 533 g/mol. The van der Waals surface area contributed by atoms with Gasteiger partial charge in [-0.2, -0.15) is 0 Å². The summed E-state index contributed by atoms with van der Waals surface area (Å²) in [6, 6.07) is -0.0442. The normalized spacial score (nSPS) is 12.1. The highest BCUT2D eigenvalue weighted by molar-refractivity contribution is 9.15. The summed E-state index contributed by atoms with van der Waals surface area (Å²) in [5.41, 5.74) is -0.00694. The molecule has 0 fully saturated rings. The number of carboxylic acid groups (broad SMARTS) is 1. The molecule has 0 unspecified atom stereocenters. The van der Waals surface area contributed by atoms with Crippen molar-refractivity contribution in [3.63, 3.8) is 0 Å². The largest absolute Gasteiger partial charge is 0.478 e. The van der Waals surface area contributed by atoms with Crippen molar-refractivity contribution in [2.24, 2.45) is 0 Å². The van der Waals surface area contributed by atoms with Crippen molar-refractivity contribution in [3.05, 3.63) is 29.0 Å². The third kappa shape index (κ3) is 3.64. The van der Waals surface area contributed by atoms with Crippen LogP contribution in [-0.4, -0.2) is 23.0 Å². The molecule has 0 saturated carbocycles. The number of aromatic carboxylic acids is 1. The van der Waals surface area contributed by atoms with Crippen LogP contribution in [-0.2, 0) is 0 Å². The fourth-order valence-corrected chi connectivity index (χ4v) is 3.91. The van der Waals surface area contributed by atoms with Gasteiger partial charge in [0.1, 0.15) is 0 Å². The van der Waals surface area contributed by atoms with Crippen LogP contribution in [0, 0.1) is 0 Å². The van der Waals surface area contributed by atoms with E-state index in [4.69, 9.17) is 0 Å². The minimum Gasteiger partial charge on any atom is -0.478 e. The zero-order valence-electron chi connectivity index (χ0n) is 10.6. The lowest BCUT2D eigenvalue weighted by molar-refractivity contribution is 0.0689. The van der Waals surface area contributed by atoms with Gasteiger partial charge in [-0.1, -0.05) is 6.92 Å². The molecule has 0 saturated heterocycles. The number of carbonyl (C=O) groups is 2. The molecule has 0 heterocycles. The van der Waals surface area contributed by atoms with Crippen molar-refractivity contribution in [2.45, 2.75) is 26.3 Å². The van der Waals surface area contributed by atoms with E-state index in [-0.39, 0.29) is 17.2 Å². The number of carbonyl (C=O) groups excluding carboxylic acids is 1. The Bertz CT molecular complexity index is 575. The van der Waals surface area contributed by atoms with Crippen molar-refractivity contribution in [1.29, 1.82) is 0 Å². The van der Waals surface area contributed by atoms with Crippen LogP contribution in [0.25, 0.3) is 0 Å². The van der Waals surface area contributed by atoms with Crippen molar-refractivity contribution < 1.29 is 14.7 Å². The van der Waals surface area contributed by atoms with Gasteiger partial charge in [-0.25, -0.2) is 4.79 Å². The van der Waals surface area contributed by atoms with E-state index in [1.165, 1.54) is 0 Å². The summed E-state index contributed by atoms with van der Waals surface area (Å²) in [6.07, 6.45) is 0.755. The summed E-state index contributed by atoms with van der Waals surface area (Å²) in [6.45, 7) is 3.79. The molecule has 1 rings (SSSR count). The maximum absolute atomic E-state index is 12.3. The van der Waals surface area contributed by atoms with Gasteiger partial charge in [0.2, 0.25) is 0 Å². The maximum Gasteiger partial charge on any atom is 0.337 e. The van der Waals surface area contributed by atoms with E-state index in [0.717, 1.165) is 6.42 Å². The van der Waals surface area contributed by atoms with Crippen LogP contribution in [0.2, 0.25) is 0 Å². The van der Waals surface area contributed by atoms with Gasteiger partial charge >= 0.3 is 5.97 Å². The van der Waals surface area contributed by atoms with Crippen molar-refractivity contribution in [3.8, 4) is 0 Å². The van der Waals surface area contributed by atoms with Crippen LogP contribution in [0.3, 0.4) is 0 Å². The summed E-state index contributed by atoms with van der Waals surface area (Å²) in [7, 11) is 0. The number of hydrogen-bond donors (Lipinski definition) is 2. The number of nitrogens with one attached hydrogen (secondary N) is 1. The molecule has 2 N–H and O–H groups in total. The van der Waals surface area contributed by atoms with E-state index < -0.39 is 11.9 Å². The van der Waals surface area contributed by atoms with Gasteiger partial charge < -0.3 is 10.4 Å². The molecule has 1 aromatic rings. The molecular formula is C12H11Br4NO3. The molecule has 0 aliphatic heterocycles. The van der Waals surface area contributed by atoms with Crippen LogP contribution in [0.15, 0.2) is 17.9 Å². The minimum absolute atomic E-state index is 0.0442. The van der Waals surface area contributed by atoms with Gasteiger partial charge in [0.25, 0.3) is 5.91 Å². The fraction of sp³-hybridized carbons (Fsp3) is 0.333. The van der Waals surface area contributed by atoms with E-state index in [1.54, 1.807) is 0 Å². The highest BCUT2D eigenvalue weighted by atomic mass is 79.9. The topological polar surface area (TPSA) is 66.4 Å². The molecule has 0 spiro atoms. The lowest BCUT2D eigenvalue weighted by atomic mass is 10.1. The van der Waals surface area contributed by atoms with E-state index in [2.05, 4.69) is 69.0 Å². The molecular weight excluding hydrogens is 526 g/mol. The zero-order valence-corrected chi connectivity index (χ0v) is 16.9. The molecule has 0 radical (unpaired) electrons. The molecule has 4 nitrogen and oxygen atoms in total. The smallest absolute Gasteiger partial charge is 0.337 e. The van der Waals surface area contributed by atoms with E-state index >= 15 is 0 Å². The molecule has 1 atom stereocenters. The van der Waals surface area contributed by atoms with Gasteiger partial charge in [0, 0.05) is 23.9 Å². The third-order valence-corrected chi connectivity index (χ3v) is 7.47. The summed E-state index contributed by atoms with van der Waals surface area (Å²) in [5.74, 6) is -1.61. The van der Waals surface area contributed by atoms with Crippen molar-refractivity contribution >= 4 is 75.6 Å². The van der Waals surface area contributed by atoms with Crippen LogP contribution >= 0.6 is 63.7 Å². The zero-order chi connectivity index (χ0) is 15.6. The maximum atomic E-state index is 12.3. The van der Waals surface area contributed by atoms with Gasteiger partial charge in [-0.3, -0.25) is 4.79 Å². The summed E-state index contributed by atoms with van der Waals surface area (Å²) < 4.78 is 1.81. The van der Waals surface area contributed by atoms with Gasteiger partial charge in [0.15, 0.2) is 0 Å². The lowest BCUT2D eigenvalue weighted by Gasteiger charge is -2.17. The van der Waals surface area contributed by atoms with Crippen molar-refractivity contribution in [2.75, 3.05) is 0 Å². The fourth-order valence-electron chi connectivity index (χ4n) is 1.44. The number of halogens is 4. The van der Waals surface area contributed by atoms with Gasteiger partial charge in [-0.15, -0.1) is 0 Å². The van der Waals surface area contributed by atoms with Crippen LogP contribution in [0.5, 0.6) is 0 Å². The predicted octanol–water partition coefficient (Wildman–Crippen LogP) is 4.96. The SMILES string of the molecule is CC[C@H](C)NC(=O)c1c(Br)c(Br)c(Br)c(Br)c1C(=O)O. The molecule has 0 aromatic heterocycles. The third-order valence-electron chi connectivity index (χ3n) is 2.70. The summed E-state index contributed by atoms with van der Waals surface area (Å²) in [5, 5.41) is 12.1. The molecule has 0 aliphatic rings. The number of amides is 1. The average molecular weight is 537 g/mol. The Morgan fingerprint density at radius 1 is 1.05 bits per heavy atom. The van der Waals surface area contributed by atoms with Crippen LogP contribution in [0.1, 0.15) is 41.0 Å². The first-order valence-electron chi connectivity index (χ1n) is 5.62. The Kier molecular flexibility index (Phi) is 6.69. The van der Waals surface area contributed by atoms with Gasteiger partial charge in [-0.05, 0) is 77.1 Å². The summed E-state index contributed by atoms with van der Waals surface area (Å²) >= 11 is 13.1. The first-order valence-corrected chi connectivity index (χ1v) is 8.79. The predicted molar refractivity (Wildman–Crippen MR) is 91.4 cm³/mol. The second-order valence-corrected chi connectivity index (χ2v) is 7.27. The average Bonchev–Trinajstić information content (AvgIpc) is 2.39.